The van der Waals surface area contributed by atoms with E-state index < -0.39 is 0 Å². The van der Waals surface area contributed by atoms with E-state index in [1.165, 1.54) is 0 Å². The van der Waals surface area contributed by atoms with E-state index in [1.807, 2.05) is 51.1 Å². The molecule has 0 unspecified atom stereocenters. The summed E-state index contributed by atoms with van der Waals surface area (Å²) in [5.74, 6) is -0.111. The molecule has 0 spiro atoms. The number of hydrogen-bond acceptors (Lipinski definition) is 2. The van der Waals surface area contributed by atoms with Crippen LogP contribution in [0, 0.1) is 20.8 Å². The zero-order valence-corrected chi connectivity index (χ0v) is 13.3. The Morgan fingerprint density at radius 2 is 1.65 bits per heavy atom. The number of benzene rings is 2. The SMILES string of the molecule is Cc1ccc(Br)cc1C(=O)Nc1c(C)cc(N)cc1C. The maximum atomic E-state index is 12.4. The van der Waals surface area contributed by atoms with Gasteiger partial charge in [0.25, 0.3) is 5.91 Å². The monoisotopic (exact) mass is 332 g/mol. The Hall–Kier alpha value is -1.81. The Morgan fingerprint density at radius 3 is 2.25 bits per heavy atom. The number of aryl methyl sites for hydroxylation is 3. The smallest absolute Gasteiger partial charge is 0.255 e. The first-order valence-corrected chi connectivity index (χ1v) is 7.12. The highest BCUT2D eigenvalue weighted by atomic mass is 79.9. The van der Waals surface area contributed by atoms with E-state index in [0.717, 1.165) is 26.9 Å². The van der Waals surface area contributed by atoms with Gasteiger partial charge in [-0.25, -0.2) is 0 Å². The first kappa shape index (κ1) is 14.6. The van der Waals surface area contributed by atoms with E-state index in [1.54, 1.807) is 0 Å². The van der Waals surface area contributed by atoms with Gasteiger partial charge in [0.1, 0.15) is 0 Å². The van der Waals surface area contributed by atoms with Crippen molar-refractivity contribution in [3.8, 4) is 0 Å². The molecule has 0 radical (unpaired) electrons. The Balaban J connectivity index is 2.35. The Morgan fingerprint density at radius 1 is 1.05 bits per heavy atom. The lowest BCUT2D eigenvalue weighted by Gasteiger charge is -2.14. The van der Waals surface area contributed by atoms with Gasteiger partial charge in [-0.15, -0.1) is 0 Å². The second-order valence-corrected chi connectivity index (χ2v) is 5.86. The van der Waals surface area contributed by atoms with E-state index in [4.69, 9.17) is 5.73 Å². The maximum absolute atomic E-state index is 12.4. The van der Waals surface area contributed by atoms with E-state index in [9.17, 15) is 4.79 Å². The van der Waals surface area contributed by atoms with Crippen molar-refractivity contribution in [3.63, 3.8) is 0 Å². The number of amides is 1. The first-order valence-electron chi connectivity index (χ1n) is 6.32. The lowest BCUT2D eigenvalue weighted by Crippen LogP contribution is -2.15. The summed E-state index contributed by atoms with van der Waals surface area (Å²) in [6, 6.07) is 9.38. The minimum atomic E-state index is -0.111. The molecule has 2 aromatic carbocycles. The van der Waals surface area contributed by atoms with Gasteiger partial charge in [0.05, 0.1) is 0 Å². The maximum Gasteiger partial charge on any atom is 0.255 e. The van der Waals surface area contributed by atoms with Crippen molar-refractivity contribution in [2.24, 2.45) is 0 Å². The molecule has 0 bridgehead atoms. The number of rotatable bonds is 2. The third-order valence-corrected chi connectivity index (χ3v) is 3.73. The van der Waals surface area contributed by atoms with Crippen LogP contribution in [-0.4, -0.2) is 5.91 Å². The van der Waals surface area contributed by atoms with Gasteiger partial charge >= 0.3 is 0 Å². The van der Waals surface area contributed by atoms with Crippen molar-refractivity contribution < 1.29 is 4.79 Å². The molecule has 3 N–H and O–H groups in total. The Bertz CT molecular complexity index is 657. The van der Waals surface area contributed by atoms with Crippen molar-refractivity contribution >= 4 is 33.2 Å². The van der Waals surface area contributed by atoms with Crippen molar-refractivity contribution in [2.75, 3.05) is 11.1 Å². The van der Waals surface area contributed by atoms with Crippen molar-refractivity contribution in [3.05, 3.63) is 57.1 Å². The fourth-order valence-corrected chi connectivity index (χ4v) is 2.57. The van der Waals surface area contributed by atoms with Crippen LogP contribution in [0.15, 0.2) is 34.8 Å². The predicted octanol–water partition coefficient (Wildman–Crippen LogP) is 4.21. The third kappa shape index (κ3) is 3.02. The molecule has 2 rings (SSSR count). The predicted molar refractivity (Wildman–Crippen MR) is 87.2 cm³/mol. The van der Waals surface area contributed by atoms with Crippen LogP contribution in [0.1, 0.15) is 27.0 Å². The number of nitrogen functional groups attached to an aromatic ring is 1. The van der Waals surface area contributed by atoms with Crippen LogP contribution in [0.2, 0.25) is 0 Å². The molecule has 0 fully saturated rings. The first-order chi connectivity index (χ1) is 9.38. The van der Waals surface area contributed by atoms with Crippen LogP contribution in [0.25, 0.3) is 0 Å². The molecule has 0 heterocycles. The topological polar surface area (TPSA) is 55.1 Å². The van der Waals surface area contributed by atoms with Crippen molar-refractivity contribution in [1.82, 2.24) is 0 Å². The molecule has 20 heavy (non-hydrogen) atoms. The molecule has 4 heteroatoms. The van der Waals surface area contributed by atoms with Gasteiger partial charge in [-0.3, -0.25) is 4.79 Å². The number of carbonyl (C=O) groups is 1. The number of carbonyl (C=O) groups excluding carboxylic acids is 1. The lowest BCUT2D eigenvalue weighted by atomic mass is 10.1. The molecule has 1 amide bonds. The fraction of sp³-hybridized carbons (Fsp3) is 0.188. The molecular formula is C16H17BrN2O. The van der Waals surface area contributed by atoms with Gasteiger partial charge in [-0.2, -0.15) is 0 Å². The highest BCUT2D eigenvalue weighted by Gasteiger charge is 2.12. The summed E-state index contributed by atoms with van der Waals surface area (Å²) in [4.78, 5) is 12.4. The molecule has 2 aromatic rings. The number of halogens is 1. The quantitative estimate of drug-likeness (QED) is 0.809. The van der Waals surface area contributed by atoms with E-state index in [0.29, 0.717) is 11.3 Å². The summed E-state index contributed by atoms with van der Waals surface area (Å²) in [7, 11) is 0. The molecule has 3 nitrogen and oxygen atoms in total. The summed E-state index contributed by atoms with van der Waals surface area (Å²) < 4.78 is 0.888. The van der Waals surface area contributed by atoms with Gasteiger partial charge in [0.2, 0.25) is 0 Å². The summed E-state index contributed by atoms with van der Waals surface area (Å²) in [6.07, 6.45) is 0. The Kier molecular flexibility index (Phi) is 4.14. The van der Waals surface area contributed by atoms with Crippen LogP contribution in [0.4, 0.5) is 11.4 Å². The zero-order chi connectivity index (χ0) is 14.9. The van der Waals surface area contributed by atoms with Crippen LogP contribution in [0.3, 0.4) is 0 Å². The summed E-state index contributed by atoms with van der Waals surface area (Å²) >= 11 is 3.39. The summed E-state index contributed by atoms with van der Waals surface area (Å²) in [5.41, 5.74) is 10.8. The molecule has 0 atom stereocenters. The average molecular weight is 333 g/mol. The van der Waals surface area contributed by atoms with Gasteiger partial charge in [-0.1, -0.05) is 22.0 Å². The number of hydrogen-bond donors (Lipinski definition) is 2. The van der Waals surface area contributed by atoms with Crippen LogP contribution in [-0.2, 0) is 0 Å². The highest BCUT2D eigenvalue weighted by molar-refractivity contribution is 9.10. The number of nitrogens with two attached hydrogens (primary N) is 1. The van der Waals surface area contributed by atoms with Crippen LogP contribution < -0.4 is 11.1 Å². The van der Waals surface area contributed by atoms with Gasteiger partial charge in [0.15, 0.2) is 0 Å². The number of anilines is 2. The largest absolute Gasteiger partial charge is 0.399 e. The van der Waals surface area contributed by atoms with Crippen LogP contribution in [0.5, 0.6) is 0 Å². The molecule has 0 aliphatic carbocycles. The second kappa shape index (κ2) is 5.67. The standard InChI is InChI=1S/C16H17BrN2O/c1-9-4-5-12(17)8-14(9)16(20)19-15-10(2)6-13(18)7-11(15)3/h4-8H,18H2,1-3H3,(H,19,20). The lowest BCUT2D eigenvalue weighted by molar-refractivity contribution is 0.102. The minimum absolute atomic E-state index is 0.111. The minimum Gasteiger partial charge on any atom is -0.399 e. The molecule has 104 valence electrons. The Labute approximate surface area is 127 Å². The normalized spacial score (nSPS) is 10.4. The molecular weight excluding hydrogens is 316 g/mol. The molecule has 0 saturated heterocycles. The van der Waals surface area contributed by atoms with Gasteiger partial charge < -0.3 is 11.1 Å². The van der Waals surface area contributed by atoms with Crippen molar-refractivity contribution in [1.29, 1.82) is 0 Å². The molecule has 0 aromatic heterocycles. The van der Waals surface area contributed by atoms with E-state index in [-0.39, 0.29) is 5.91 Å². The van der Waals surface area contributed by atoms with Gasteiger partial charge in [0, 0.05) is 21.4 Å². The van der Waals surface area contributed by atoms with Gasteiger partial charge in [-0.05, 0) is 61.7 Å². The van der Waals surface area contributed by atoms with E-state index in [2.05, 4.69) is 21.2 Å². The van der Waals surface area contributed by atoms with Crippen LogP contribution >= 0.6 is 15.9 Å². The summed E-state index contributed by atoms with van der Waals surface area (Å²) in [5, 5.41) is 2.97. The molecule has 0 aliphatic rings. The van der Waals surface area contributed by atoms with E-state index >= 15 is 0 Å². The fourth-order valence-electron chi connectivity index (χ4n) is 2.21. The molecule has 0 saturated carbocycles. The van der Waals surface area contributed by atoms with Crippen molar-refractivity contribution in [2.45, 2.75) is 20.8 Å². The average Bonchev–Trinajstić information content (AvgIpc) is 2.36. The second-order valence-electron chi connectivity index (χ2n) is 4.94. The number of nitrogens with one attached hydrogen (secondary N) is 1. The zero-order valence-electron chi connectivity index (χ0n) is 11.8. The summed E-state index contributed by atoms with van der Waals surface area (Å²) in [6.45, 7) is 5.80. The highest BCUT2D eigenvalue weighted by Crippen LogP contribution is 2.25. The molecule has 0 aliphatic heterocycles. The third-order valence-electron chi connectivity index (χ3n) is 3.24.